The molecule has 0 aromatic heterocycles. The summed E-state index contributed by atoms with van der Waals surface area (Å²) in [5.41, 5.74) is 0.665. The number of nitrogens with one attached hydrogen (secondary N) is 1. The zero-order chi connectivity index (χ0) is 34.9. The Morgan fingerprint density at radius 1 is 1.15 bits per heavy atom. The summed E-state index contributed by atoms with van der Waals surface area (Å²) < 4.78 is 122. The minimum Gasteiger partial charge on any atom is -0.463 e. The maximum Gasteiger partial charge on any atom is 0.205 e. The van der Waals surface area contributed by atoms with Crippen LogP contribution in [-0.2, 0) is 22.5 Å². The lowest BCUT2D eigenvalue weighted by molar-refractivity contribution is -0.180. The lowest BCUT2D eigenvalue weighted by Gasteiger charge is -2.33. The molecule has 0 bridgehead atoms. The maximum atomic E-state index is 10.6. The number of hydrogen-bond donors (Lipinski definition) is 2. The normalized spacial score (nSPS) is 23.5. The van der Waals surface area contributed by atoms with E-state index in [1.54, 1.807) is 12.1 Å². The van der Waals surface area contributed by atoms with Crippen molar-refractivity contribution < 1.29 is 37.1 Å². The number of ether oxygens (including phenoxy) is 3. The first kappa shape index (κ1) is 13.2. The predicted octanol–water partition coefficient (Wildman–Crippen LogP) is 5.55. The molecule has 1 aliphatic heterocycles. The van der Waals surface area contributed by atoms with Crippen LogP contribution in [0.25, 0.3) is 0 Å². The second-order valence-electron chi connectivity index (χ2n) is 8.03. The predicted molar refractivity (Wildman–Crippen MR) is 132 cm³/mol. The van der Waals surface area contributed by atoms with E-state index in [1.807, 2.05) is 19.9 Å². The summed E-state index contributed by atoms with van der Waals surface area (Å²) in [5, 5.41) is 13.7. The largest absolute Gasteiger partial charge is 0.463 e. The molecule has 0 saturated carbocycles. The third kappa shape index (κ3) is 9.46. The summed E-state index contributed by atoms with van der Waals surface area (Å²) >= 11 is 0. The quantitative estimate of drug-likeness (QED) is 0.335. The first-order valence-electron chi connectivity index (χ1n) is 17.6. The highest BCUT2D eigenvalue weighted by Crippen LogP contribution is 2.32. The number of aliphatic hydroxyl groups excluding tert-OH is 1. The summed E-state index contributed by atoms with van der Waals surface area (Å²) in [5.74, 6) is -0.0139. The maximum absolute atomic E-state index is 10.6. The molecule has 0 amide bonds. The molecule has 1 aliphatic rings. The third-order valence-electron chi connectivity index (χ3n) is 4.89. The average molecular weight is 469 g/mol. The third-order valence-corrected chi connectivity index (χ3v) is 4.89. The van der Waals surface area contributed by atoms with E-state index in [9.17, 15) is 5.11 Å². The van der Waals surface area contributed by atoms with Gasteiger partial charge in [-0.2, -0.15) is 0 Å². The van der Waals surface area contributed by atoms with Gasteiger partial charge in [0.15, 0.2) is 0 Å². The molecule has 0 spiro atoms. The van der Waals surface area contributed by atoms with Gasteiger partial charge in [-0.15, -0.1) is 0 Å². The van der Waals surface area contributed by atoms with E-state index in [4.69, 9.17) is 32.0 Å². The van der Waals surface area contributed by atoms with E-state index < -0.39 is 61.8 Å². The van der Waals surface area contributed by atoms with Crippen molar-refractivity contribution in [2.24, 2.45) is 0 Å². The van der Waals surface area contributed by atoms with Crippen LogP contribution < -0.4 is 10.1 Å². The van der Waals surface area contributed by atoms with Crippen molar-refractivity contribution in [3.05, 3.63) is 65.1 Å². The molecule has 2 aromatic carbocycles. The van der Waals surface area contributed by atoms with Crippen molar-refractivity contribution in [2.75, 3.05) is 26.2 Å². The molecule has 1 heterocycles. The van der Waals surface area contributed by atoms with Gasteiger partial charge in [-0.25, -0.2) is 0 Å². The van der Waals surface area contributed by atoms with Crippen LogP contribution >= 0.6 is 0 Å². The molecule has 0 fully saturated rings. The summed E-state index contributed by atoms with van der Waals surface area (Å²) in [4.78, 5) is 0. The Balaban J connectivity index is 1.50. The van der Waals surface area contributed by atoms with Crippen LogP contribution in [0.1, 0.15) is 92.9 Å². The molecule has 1 atom stereocenters. The van der Waals surface area contributed by atoms with E-state index in [-0.39, 0.29) is 25.4 Å². The molecule has 3 rings (SSSR count). The van der Waals surface area contributed by atoms with Gasteiger partial charge in [-0.05, 0) is 61.8 Å². The zero-order valence-electron chi connectivity index (χ0n) is 32.1. The Labute approximate surface area is 217 Å². The van der Waals surface area contributed by atoms with E-state index in [2.05, 4.69) is 5.32 Å². The molecule has 2 aromatic rings. The van der Waals surface area contributed by atoms with Gasteiger partial charge in [0, 0.05) is 47.3 Å². The lowest BCUT2D eigenvalue weighted by atomic mass is 10.0. The van der Waals surface area contributed by atoms with Crippen LogP contribution in [0, 0.1) is 0 Å². The molecule has 33 heavy (non-hydrogen) atoms. The van der Waals surface area contributed by atoms with Gasteiger partial charge in [-0.1, -0.05) is 49.2 Å². The van der Waals surface area contributed by atoms with Gasteiger partial charge in [0.05, 0.1) is 22.3 Å². The molecule has 2 N–H and O–H groups in total. The Morgan fingerprint density at radius 3 is 2.82 bits per heavy atom. The number of fused-ring (bicyclic) bond motifs is 1. The van der Waals surface area contributed by atoms with Gasteiger partial charge in [0.2, 0.25) is 5.79 Å². The van der Waals surface area contributed by atoms with Crippen LogP contribution in [0.4, 0.5) is 0 Å². The van der Waals surface area contributed by atoms with Gasteiger partial charge in [0.25, 0.3) is 0 Å². The molecular formula is C28H41NO4. The molecule has 0 saturated heterocycles. The first-order chi connectivity index (χ1) is 20.9. The topological polar surface area (TPSA) is 60.0 Å². The summed E-state index contributed by atoms with van der Waals surface area (Å²) in [6.45, 7) is -1.66. The Bertz CT molecular complexity index is 1350. The standard InChI is InChI=1S/C28H41NO4/c1-28(2)32-22-25-20-24(15-16-27(25)33-28)26(30)21-29-17-9-3-4-10-18-31-19-11-8-14-23-12-6-5-7-13-23/h5-7,12-13,15-16,20,26,29-30H,3-4,8-11,14,17-19,21-22H2,1-2H3/i5D,8D2,11D2,12D,13D,14D2,18D2,19D2. The molecular weight excluding hydrogens is 414 g/mol. The van der Waals surface area contributed by atoms with Crippen LogP contribution in [-0.4, -0.2) is 37.1 Å². The van der Waals surface area contributed by atoms with Crippen LogP contribution in [0.15, 0.2) is 48.5 Å². The van der Waals surface area contributed by atoms with Crippen molar-refractivity contribution in [3.63, 3.8) is 0 Å². The van der Waals surface area contributed by atoms with Gasteiger partial charge < -0.3 is 24.6 Å². The first-order valence-corrected chi connectivity index (χ1v) is 11.1. The average Bonchev–Trinajstić information content (AvgIpc) is 2.90. The molecule has 5 nitrogen and oxygen atoms in total. The molecule has 0 radical (unpaired) electrons. The number of benzene rings is 2. The fourth-order valence-corrected chi connectivity index (χ4v) is 3.16. The van der Waals surface area contributed by atoms with Crippen molar-refractivity contribution in [3.8, 4) is 5.75 Å². The second kappa shape index (κ2) is 13.7. The van der Waals surface area contributed by atoms with E-state index in [0.29, 0.717) is 37.3 Å². The minimum atomic E-state index is -3.80. The smallest absolute Gasteiger partial charge is 0.205 e. The molecule has 182 valence electrons. The van der Waals surface area contributed by atoms with Crippen LogP contribution in [0.5, 0.6) is 5.75 Å². The van der Waals surface area contributed by atoms with E-state index >= 15 is 0 Å². The second-order valence-corrected chi connectivity index (χ2v) is 8.03. The fourth-order valence-electron chi connectivity index (χ4n) is 3.16. The fraction of sp³-hybridized carbons (Fsp3) is 0.571. The Hall–Kier alpha value is -1.92. The molecule has 5 heteroatoms. The van der Waals surface area contributed by atoms with Gasteiger partial charge in [0.1, 0.15) is 5.75 Å². The van der Waals surface area contributed by atoms with Crippen molar-refractivity contribution in [2.45, 2.75) is 77.1 Å². The lowest BCUT2D eigenvalue weighted by Crippen LogP contribution is -2.35. The summed E-state index contributed by atoms with van der Waals surface area (Å²) in [6, 6.07) is 5.37. The van der Waals surface area contributed by atoms with Crippen LogP contribution in [0.2, 0.25) is 0 Å². The minimum absolute atomic E-state index is 0.203. The monoisotopic (exact) mass is 468 g/mol. The highest BCUT2D eigenvalue weighted by Gasteiger charge is 2.27. The highest BCUT2D eigenvalue weighted by molar-refractivity contribution is 5.39. The number of unbranched alkanes of at least 4 members (excludes halogenated alkanes) is 2. The molecule has 0 aliphatic carbocycles. The SMILES string of the molecule is [2H]c1cc([2H])c(C([2H])([2H])C([2H])([2H])C([2H])([2H])C([2H])([2H])OC([2H])([2H])CCCCCNCC(O)c2ccc3c(c2)COC(C)(C)O3)c([2H])c1. The number of rotatable bonds is 15. The zero-order valence-corrected chi connectivity index (χ0v) is 19.1. The van der Waals surface area contributed by atoms with E-state index in [0.717, 1.165) is 17.7 Å². The van der Waals surface area contributed by atoms with Crippen molar-refractivity contribution >= 4 is 0 Å². The highest BCUT2D eigenvalue weighted by atomic mass is 16.7. The van der Waals surface area contributed by atoms with Gasteiger partial charge in [-0.3, -0.25) is 0 Å². The summed E-state index contributed by atoms with van der Waals surface area (Å²) in [7, 11) is 0. The van der Waals surface area contributed by atoms with Crippen LogP contribution in [0.3, 0.4) is 0 Å². The molecule has 1 unspecified atom stereocenters. The Kier molecular flexibility index (Phi) is 5.50. The van der Waals surface area contributed by atoms with Gasteiger partial charge >= 0.3 is 0 Å². The van der Waals surface area contributed by atoms with Crippen molar-refractivity contribution in [1.29, 1.82) is 0 Å². The van der Waals surface area contributed by atoms with Crippen molar-refractivity contribution in [1.82, 2.24) is 5.32 Å². The number of aliphatic hydroxyl groups is 1. The summed E-state index contributed by atoms with van der Waals surface area (Å²) in [6.07, 6.45) is -10.9. The Morgan fingerprint density at radius 2 is 1.97 bits per heavy atom. The number of hydrogen-bond acceptors (Lipinski definition) is 5. The van der Waals surface area contributed by atoms with E-state index in [1.165, 1.54) is 0 Å².